The lowest BCUT2D eigenvalue weighted by atomic mass is 10.2. The van der Waals surface area contributed by atoms with Crippen molar-refractivity contribution in [2.45, 2.75) is 25.7 Å². The Kier molecular flexibility index (Phi) is 4.97. The number of nitrogens with zero attached hydrogens (tertiary/aromatic N) is 4. The predicted octanol–water partition coefficient (Wildman–Crippen LogP) is 1.94. The quantitative estimate of drug-likeness (QED) is 0.767. The molecule has 1 aliphatic heterocycles. The molecule has 0 atom stereocenters. The second kappa shape index (κ2) is 7.33. The minimum absolute atomic E-state index is 0.0277. The summed E-state index contributed by atoms with van der Waals surface area (Å²) in [7, 11) is 0. The van der Waals surface area contributed by atoms with E-state index in [2.05, 4.69) is 15.1 Å². The summed E-state index contributed by atoms with van der Waals surface area (Å²) in [4.78, 5) is 21.5. The van der Waals surface area contributed by atoms with Crippen LogP contribution in [0.25, 0.3) is 11.4 Å². The fourth-order valence-corrected chi connectivity index (χ4v) is 2.45. The number of carbonyl (C=O) groups is 1. The lowest BCUT2D eigenvalue weighted by molar-refractivity contribution is -0.127. The van der Waals surface area contributed by atoms with Crippen LogP contribution in [0.4, 0.5) is 8.78 Å². The van der Waals surface area contributed by atoms with Crippen LogP contribution in [-0.2, 0) is 11.2 Å². The minimum atomic E-state index is -2.60. The van der Waals surface area contributed by atoms with Gasteiger partial charge in [-0.1, -0.05) is 5.16 Å². The summed E-state index contributed by atoms with van der Waals surface area (Å²) in [5.41, 5.74) is 0.380. The molecule has 1 fully saturated rings. The molecule has 0 bridgehead atoms. The van der Waals surface area contributed by atoms with Crippen molar-refractivity contribution in [1.29, 1.82) is 0 Å². The van der Waals surface area contributed by atoms with E-state index in [0.717, 1.165) is 13.0 Å². The van der Waals surface area contributed by atoms with Crippen molar-refractivity contribution in [3.05, 3.63) is 24.2 Å². The molecule has 0 N–H and O–H groups in total. The van der Waals surface area contributed by atoms with Gasteiger partial charge in [0.15, 0.2) is 6.61 Å². The molecular weight excluding hydrogens is 322 g/mol. The van der Waals surface area contributed by atoms with Crippen molar-refractivity contribution in [3.8, 4) is 17.3 Å². The zero-order valence-corrected chi connectivity index (χ0v) is 12.8. The number of ether oxygens (including phenoxy) is 1. The van der Waals surface area contributed by atoms with Crippen molar-refractivity contribution in [3.63, 3.8) is 0 Å². The van der Waals surface area contributed by atoms with E-state index >= 15 is 0 Å². The van der Waals surface area contributed by atoms with E-state index in [9.17, 15) is 13.6 Å². The van der Waals surface area contributed by atoms with Crippen LogP contribution in [0.2, 0.25) is 0 Å². The van der Waals surface area contributed by atoms with Gasteiger partial charge in [-0.05, 0) is 18.6 Å². The molecule has 128 valence electrons. The Morgan fingerprint density at radius 2 is 2.29 bits per heavy atom. The molecular formula is C15H16F2N4O3. The van der Waals surface area contributed by atoms with Crippen molar-refractivity contribution in [1.82, 2.24) is 20.0 Å². The SMILES string of the molecule is O=C1CCCN1CCc1nc(-c2cccnc2OCC(F)F)no1. The lowest BCUT2D eigenvalue weighted by Gasteiger charge is -2.13. The van der Waals surface area contributed by atoms with Crippen LogP contribution in [0, 0.1) is 0 Å². The maximum Gasteiger partial charge on any atom is 0.272 e. The summed E-state index contributed by atoms with van der Waals surface area (Å²) in [5, 5.41) is 3.84. The molecule has 7 nitrogen and oxygen atoms in total. The molecule has 9 heteroatoms. The topological polar surface area (TPSA) is 81.4 Å². The summed E-state index contributed by atoms with van der Waals surface area (Å²) in [6, 6.07) is 3.25. The highest BCUT2D eigenvalue weighted by atomic mass is 19.3. The van der Waals surface area contributed by atoms with E-state index in [1.165, 1.54) is 6.20 Å². The predicted molar refractivity (Wildman–Crippen MR) is 78.5 cm³/mol. The van der Waals surface area contributed by atoms with Gasteiger partial charge in [-0.25, -0.2) is 13.8 Å². The molecule has 0 unspecified atom stereocenters. The fourth-order valence-electron chi connectivity index (χ4n) is 2.45. The summed E-state index contributed by atoms with van der Waals surface area (Å²) in [6.45, 7) is 0.502. The summed E-state index contributed by atoms with van der Waals surface area (Å²) < 4.78 is 34.8. The van der Waals surface area contributed by atoms with Gasteiger partial charge >= 0.3 is 0 Å². The second-order valence-corrected chi connectivity index (χ2v) is 5.30. The molecule has 0 saturated carbocycles. The molecule has 24 heavy (non-hydrogen) atoms. The normalized spacial score (nSPS) is 14.6. The van der Waals surface area contributed by atoms with E-state index in [0.29, 0.717) is 30.8 Å². The number of hydrogen-bond acceptors (Lipinski definition) is 6. The van der Waals surface area contributed by atoms with Crippen LogP contribution >= 0.6 is 0 Å². The number of aromatic nitrogens is 3. The number of pyridine rings is 1. The summed E-state index contributed by atoms with van der Waals surface area (Å²) in [5.74, 6) is 0.744. The largest absolute Gasteiger partial charge is 0.471 e. The van der Waals surface area contributed by atoms with Gasteiger partial charge in [0.1, 0.15) is 0 Å². The van der Waals surface area contributed by atoms with Crippen LogP contribution in [0.1, 0.15) is 18.7 Å². The second-order valence-electron chi connectivity index (χ2n) is 5.30. The van der Waals surface area contributed by atoms with Crippen LogP contribution in [-0.4, -0.2) is 52.1 Å². The van der Waals surface area contributed by atoms with E-state index in [4.69, 9.17) is 9.26 Å². The molecule has 0 spiro atoms. The van der Waals surface area contributed by atoms with E-state index in [1.54, 1.807) is 17.0 Å². The number of rotatable bonds is 7. The first kappa shape index (κ1) is 16.3. The first-order valence-electron chi connectivity index (χ1n) is 7.60. The molecule has 3 rings (SSSR count). The Bertz CT molecular complexity index is 708. The average molecular weight is 338 g/mol. The molecule has 0 radical (unpaired) electrons. The maximum atomic E-state index is 12.3. The zero-order chi connectivity index (χ0) is 16.9. The molecule has 1 amide bonds. The van der Waals surface area contributed by atoms with Gasteiger partial charge in [-0.3, -0.25) is 4.79 Å². The standard InChI is InChI=1S/C15H16F2N4O3/c16-11(17)9-23-15-10(3-1-6-18-15)14-19-12(24-20-14)5-8-21-7-2-4-13(21)22/h1,3,6,11H,2,4-5,7-9H2. The number of halogens is 2. The Hall–Kier alpha value is -2.58. The van der Waals surface area contributed by atoms with Gasteiger partial charge in [0.25, 0.3) is 6.43 Å². The van der Waals surface area contributed by atoms with Gasteiger partial charge in [-0.15, -0.1) is 0 Å². The third kappa shape index (κ3) is 3.84. The lowest BCUT2D eigenvalue weighted by Crippen LogP contribution is -2.26. The van der Waals surface area contributed by atoms with Crippen molar-refractivity contribution >= 4 is 5.91 Å². The van der Waals surface area contributed by atoms with Crippen LogP contribution in [0.5, 0.6) is 5.88 Å². The van der Waals surface area contributed by atoms with Crippen molar-refractivity contribution in [2.24, 2.45) is 0 Å². The van der Waals surface area contributed by atoms with Gasteiger partial charge in [0, 0.05) is 32.1 Å². The van der Waals surface area contributed by atoms with Crippen LogP contribution < -0.4 is 4.74 Å². The number of carbonyl (C=O) groups excluding carboxylic acids is 1. The zero-order valence-electron chi connectivity index (χ0n) is 12.8. The van der Waals surface area contributed by atoms with Gasteiger partial charge in [0.05, 0.1) is 5.56 Å². The average Bonchev–Trinajstić information content (AvgIpc) is 3.20. The van der Waals surface area contributed by atoms with Gasteiger partial charge in [-0.2, -0.15) is 4.98 Å². The first-order chi connectivity index (χ1) is 11.6. The monoisotopic (exact) mass is 338 g/mol. The van der Waals surface area contributed by atoms with E-state index in [-0.39, 0.29) is 17.6 Å². The van der Waals surface area contributed by atoms with Gasteiger partial charge in [0.2, 0.25) is 23.5 Å². The Balaban J connectivity index is 1.67. The Morgan fingerprint density at radius 1 is 1.42 bits per heavy atom. The fraction of sp³-hybridized carbons (Fsp3) is 0.467. The highest BCUT2D eigenvalue weighted by Crippen LogP contribution is 2.25. The summed E-state index contributed by atoms with van der Waals surface area (Å²) >= 11 is 0. The van der Waals surface area contributed by atoms with E-state index < -0.39 is 13.0 Å². The molecule has 1 aliphatic rings. The number of hydrogen-bond donors (Lipinski definition) is 0. The molecule has 2 aromatic rings. The summed E-state index contributed by atoms with van der Waals surface area (Å²) in [6.07, 6.45) is 0.722. The minimum Gasteiger partial charge on any atom is -0.471 e. The number of amides is 1. The van der Waals surface area contributed by atoms with Crippen LogP contribution in [0.15, 0.2) is 22.9 Å². The van der Waals surface area contributed by atoms with Crippen molar-refractivity contribution in [2.75, 3.05) is 19.7 Å². The van der Waals surface area contributed by atoms with Crippen LogP contribution in [0.3, 0.4) is 0 Å². The Labute approximate surface area is 136 Å². The molecule has 0 aromatic carbocycles. The first-order valence-corrected chi connectivity index (χ1v) is 7.60. The van der Waals surface area contributed by atoms with E-state index in [1.807, 2.05) is 0 Å². The molecule has 1 saturated heterocycles. The molecule has 3 heterocycles. The van der Waals surface area contributed by atoms with Gasteiger partial charge < -0.3 is 14.2 Å². The van der Waals surface area contributed by atoms with Crippen molar-refractivity contribution < 1.29 is 22.8 Å². The smallest absolute Gasteiger partial charge is 0.272 e. The third-order valence-electron chi connectivity index (χ3n) is 3.59. The highest BCUT2D eigenvalue weighted by Gasteiger charge is 2.21. The highest BCUT2D eigenvalue weighted by molar-refractivity contribution is 5.78. The number of likely N-dealkylation sites (tertiary alicyclic amines) is 1. The molecule has 0 aliphatic carbocycles. The maximum absolute atomic E-state index is 12.3. The number of alkyl halides is 2. The third-order valence-corrected chi connectivity index (χ3v) is 3.59. The Morgan fingerprint density at radius 3 is 3.04 bits per heavy atom. The molecule has 2 aromatic heterocycles.